The minimum absolute atomic E-state index is 0.0946. The number of hydrogen-bond donors (Lipinski definition) is 1. The van der Waals surface area contributed by atoms with Gasteiger partial charge in [0.15, 0.2) is 5.52 Å². The summed E-state index contributed by atoms with van der Waals surface area (Å²) < 4.78 is 36.8. The summed E-state index contributed by atoms with van der Waals surface area (Å²) in [7, 11) is 0. The molecule has 0 aliphatic heterocycles. The zero-order chi connectivity index (χ0) is 13.3. The molecule has 1 aromatic heterocycles. The summed E-state index contributed by atoms with van der Waals surface area (Å²) in [5.74, 6) is 0. The van der Waals surface area contributed by atoms with Crippen LogP contribution in [0.25, 0.3) is 10.2 Å². The summed E-state index contributed by atoms with van der Waals surface area (Å²) >= 11 is 1.19. The first-order valence-electron chi connectivity index (χ1n) is 4.70. The summed E-state index contributed by atoms with van der Waals surface area (Å²) in [6, 6.07) is 2.75. The van der Waals surface area contributed by atoms with Crippen LogP contribution < -0.4 is 5.32 Å². The predicted octanol–water partition coefficient (Wildman–Crippen LogP) is 3.18. The van der Waals surface area contributed by atoms with Gasteiger partial charge in [0.25, 0.3) is 0 Å². The Hall–Kier alpha value is -1.90. The van der Waals surface area contributed by atoms with Crippen LogP contribution in [-0.2, 0) is 0 Å². The molecule has 0 fully saturated rings. The van der Waals surface area contributed by atoms with E-state index in [-0.39, 0.29) is 11.2 Å². The van der Waals surface area contributed by atoms with Gasteiger partial charge in [0.2, 0.25) is 0 Å². The molecular weight excluding hydrogens is 271 g/mol. The van der Waals surface area contributed by atoms with Crippen molar-refractivity contribution >= 4 is 32.9 Å². The zero-order valence-corrected chi connectivity index (χ0v) is 9.51. The molecule has 0 bridgehead atoms. The van der Waals surface area contributed by atoms with Crippen LogP contribution in [-0.4, -0.2) is 22.6 Å². The first-order chi connectivity index (χ1) is 8.38. The van der Waals surface area contributed by atoms with E-state index in [1.165, 1.54) is 29.0 Å². The third kappa shape index (κ3) is 2.50. The lowest BCUT2D eigenvalue weighted by atomic mass is 10.2. The monoisotopic (exact) mass is 277 g/mol. The molecule has 2 rings (SSSR count). The third-order valence-electron chi connectivity index (χ3n) is 2.14. The Morgan fingerprint density at radius 1 is 1.44 bits per heavy atom. The van der Waals surface area contributed by atoms with E-state index in [4.69, 9.17) is 0 Å². The Morgan fingerprint density at radius 2 is 2.17 bits per heavy atom. The number of nitrogens with zero attached hydrogens (tertiary/aromatic N) is 2. The molecule has 0 radical (unpaired) electrons. The lowest BCUT2D eigenvalue weighted by Gasteiger charge is -2.09. The van der Waals surface area contributed by atoms with E-state index in [2.05, 4.69) is 4.98 Å². The average Bonchev–Trinajstić information content (AvgIpc) is 2.71. The molecule has 9 heteroatoms. The number of hydrogen-bond acceptors (Lipinski definition) is 5. The van der Waals surface area contributed by atoms with Crippen molar-refractivity contribution in [3.05, 3.63) is 27.8 Å². The van der Waals surface area contributed by atoms with Crippen LogP contribution in [0.3, 0.4) is 0 Å². The SMILES string of the molecule is O=[N+]([O-])c1c(NCC(F)(F)F)ccc2scnc12. The molecule has 1 aromatic carbocycles. The van der Waals surface area contributed by atoms with Gasteiger partial charge in [-0.1, -0.05) is 0 Å². The molecule has 1 heterocycles. The average molecular weight is 277 g/mol. The maximum Gasteiger partial charge on any atom is 0.405 e. The second-order valence-corrected chi connectivity index (χ2v) is 4.27. The van der Waals surface area contributed by atoms with Crippen molar-refractivity contribution in [2.45, 2.75) is 6.18 Å². The quantitative estimate of drug-likeness (QED) is 0.691. The van der Waals surface area contributed by atoms with Crippen LogP contribution >= 0.6 is 11.3 Å². The summed E-state index contributed by atoms with van der Waals surface area (Å²) in [5.41, 5.74) is 0.886. The van der Waals surface area contributed by atoms with Crippen molar-refractivity contribution in [2.75, 3.05) is 11.9 Å². The van der Waals surface area contributed by atoms with Crippen molar-refractivity contribution in [1.29, 1.82) is 0 Å². The van der Waals surface area contributed by atoms with Crippen LogP contribution in [0.4, 0.5) is 24.5 Å². The highest BCUT2D eigenvalue weighted by molar-refractivity contribution is 7.16. The Bertz CT molecular complexity index is 596. The van der Waals surface area contributed by atoms with E-state index in [0.717, 1.165) is 0 Å². The van der Waals surface area contributed by atoms with Gasteiger partial charge < -0.3 is 5.32 Å². The molecule has 0 aliphatic carbocycles. The number of nitro benzene ring substituents is 1. The van der Waals surface area contributed by atoms with Gasteiger partial charge in [-0.05, 0) is 12.1 Å². The Kier molecular flexibility index (Phi) is 3.07. The molecule has 1 N–H and O–H groups in total. The highest BCUT2D eigenvalue weighted by Crippen LogP contribution is 2.34. The fourth-order valence-electron chi connectivity index (χ4n) is 1.44. The number of nitro groups is 1. The molecule has 0 spiro atoms. The van der Waals surface area contributed by atoms with Crippen LogP contribution in [0, 0.1) is 10.1 Å². The van der Waals surface area contributed by atoms with Gasteiger partial charge in [-0.15, -0.1) is 11.3 Å². The second kappa shape index (κ2) is 4.41. The summed E-state index contributed by atoms with van der Waals surface area (Å²) in [6.45, 7) is -1.33. The standard InChI is InChI=1S/C9H6F3N3O2S/c10-9(11,12)3-13-5-1-2-6-7(14-4-18-6)8(5)15(16)17/h1-2,4,13H,3H2. The summed E-state index contributed by atoms with van der Waals surface area (Å²) in [4.78, 5) is 14.0. The smallest absolute Gasteiger partial charge is 0.371 e. The maximum atomic E-state index is 12.1. The Morgan fingerprint density at radius 3 is 2.78 bits per heavy atom. The van der Waals surface area contributed by atoms with Crippen molar-refractivity contribution in [2.24, 2.45) is 0 Å². The van der Waals surface area contributed by atoms with E-state index < -0.39 is 23.3 Å². The van der Waals surface area contributed by atoms with Gasteiger partial charge in [-0.2, -0.15) is 13.2 Å². The first kappa shape index (κ1) is 12.6. The van der Waals surface area contributed by atoms with Gasteiger partial charge >= 0.3 is 11.9 Å². The van der Waals surface area contributed by atoms with Crippen LogP contribution in [0.15, 0.2) is 17.6 Å². The first-order valence-corrected chi connectivity index (χ1v) is 5.57. The number of thiazole rings is 1. The molecule has 0 amide bonds. The fourth-order valence-corrected chi connectivity index (χ4v) is 2.12. The molecule has 0 saturated heterocycles. The molecule has 5 nitrogen and oxygen atoms in total. The third-order valence-corrected chi connectivity index (χ3v) is 2.93. The topological polar surface area (TPSA) is 68.1 Å². The van der Waals surface area contributed by atoms with Crippen LogP contribution in [0.5, 0.6) is 0 Å². The number of rotatable bonds is 3. The van der Waals surface area contributed by atoms with E-state index in [1.54, 1.807) is 0 Å². The van der Waals surface area contributed by atoms with Crippen molar-refractivity contribution in [3.8, 4) is 0 Å². The van der Waals surface area contributed by atoms with E-state index in [0.29, 0.717) is 4.70 Å². The largest absolute Gasteiger partial charge is 0.405 e. The van der Waals surface area contributed by atoms with E-state index >= 15 is 0 Å². The minimum Gasteiger partial charge on any atom is -0.371 e. The number of benzene rings is 1. The maximum absolute atomic E-state index is 12.1. The Labute approximate surface area is 102 Å². The summed E-state index contributed by atoms with van der Waals surface area (Å²) in [5, 5.41) is 12.9. The minimum atomic E-state index is -4.44. The number of aromatic nitrogens is 1. The zero-order valence-electron chi connectivity index (χ0n) is 8.69. The highest BCUT2D eigenvalue weighted by atomic mass is 32.1. The molecule has 0 saturated carbocycles. The van der Waals surface area contributed by atoms with Gasteiger partial charge in [0.05, 0.1) is 15.1 Å². The normalized spacial score (nSPS) is 11.7. The van der Waals surface area contributed by atoms with Crippen molar-refractivity contribution in [3.63, 3.8) is 0 Å². The van der Waals surface area contributed by atoms with Crippen molar-refractivity contribution < 1.29 is 18.1 Å². The fraction of sp³-hybridized carbons (Fsp3) is 0.222. The molecule has 96 valence electrons. The molecule has 0 unspecified atom stereocenters. The molecule has 0 aliphatic rings. The van der Waals surface area contributed by atoms with Gasteiger partial charge in [-0.3, -0.25) is 10.1 Å². The second-order valence-electron chi connectivity index (χ2n) is 3.39. The van der Waals surface area contributed by atoms with E-state index in [1.807, 2.05) is 5.32 Å². The number of alkyl halides is 3. The van der Waals surface area contributed by atoms with Gasteiger partial charge in [0, 0.05) is 0 Å². The lowest BCUT2D eigenvalue weighted by molar-refractivity contribution is -0.382. The molecule has 2 aromatic rings. The van der Waals surface area contributed by atoms with Crippen LogP contribution in [0.2, 0.25) is 0 Å². The number of halogens is 3. The lowest BCUT2D eigenvalue weighted by Crippen LogP contribution is -2.21. The number of anilines is 1. The molecule has 18 heavy (non-hydrogen) atoms. The van der Waals surface area contributed by atoms with Crippen molar-refractivity contribution in [1.82, 2.24) is 4.98 Å². The molecular formula is C9H6F3N3O2S. The summed E-state index contributed by atoms with van der Waals surface area (Å²) in [6.07, 6.45) is -4.44. The van der Waals surface area contributed by atoms with Crippen LogP contribution in [0.1, 0.15) is 0 Å². The van der Waals surface area contributed by atoms with E-state index in [9.17, 15) is 23.3 Å². The molecule has 0 atom stereocenters. The Balaban J connectivity index is 2.43. The van der Waals surface area contributed by atoms with Gasteiger partial charge in [-0.25, -0.2) is 4.98 Å². The number of fused-ring (bicyclic) bond motifs is 1. The highest BCUT2D eigenvalue weighted by Gasteiger charge is 2.29. The predicted molar refractivity (Wildman–Crippen MR) is 60.8 cm³/mol. The number of nitrogens with one attached hydrogen (secondary N) is 1. The van der Waals surface area contributed by atoms with Gasteiger partial charge in [0.1, 0.15) is 12.2 Å².